The molecule has 2 aromatic carbocycles. The van der Waals surface area contributed by atoms with E-state index in [-0.39, 0.29) is 11.9 Å². The van der Waals surface area contributed by atoms with E-state index in [2.05, 4.69) is 20.8 Å². The monoisotopic (exact) mass is 395 g/mol. The summed E-state index contributed by atoms with van der Waals surface area (Å²) >= 11 is 0. The normalized spacial score (nSPS) is 11.7. The topological polar surface area (TPSA) is 90.3 Å². The number of nitrogens with one attached hydrogen (secondary N) is 2. The molecule has 1 amide bonds. The number of ether oxygens (including phenoxy) is 2. The van der Waals surface area contributed by atoms with Crippen molar-refractivity contribution in [3.63, 3.8) is 0 Å². The molecule has 3 aromatic rings. The smallest absolute Gasteiger partial charge is 0.226 e. The zero-order valence-electron chi connectivity index (χ0n) is 16.8. The molecule has 0 radical (unpaired) electrons. The fourth-order valence-electron chi connectivity index (χ4n) is 2.90. The van der Waals surface area contributed by atoms with E-state index < -0.39 is 0 Å². The first-order chi connectivity index (χ1) is 14.1. The van der Waals surface area contributed by atoms with Crippen LogP contribution in [0.15, 0.2) is 54.9 Å². The molecule has 152 valence electrons. The van der Waals surface area contributed by atoms with Crippen LogP contribution in [0.3, 0.4) is 0 Å². The molecule has 2 N–H and O–H groups in total. The molecular weight excluding hydrogens is 370 g/mol. The highest BCUT2D eigenvalue weighted by Crippen LogP contribution is 2.29. The molecule has 8 nitrogen and oxygen atoms in total. The molecule has 8 heteroatoms. The first-order valence-electron chi connectivity index (χ1n) is 9.30. The van der Waals surface area contributed by atoms with Crippen LogP contribution < -0.4 is 20.1 Å². The van der Waals surface area contributed by atoms with Gasteiger partial charge in [0.25, 0.3) is 0 Å². The van der Waals surface area contributed by atoms with E-state index in [1.807, 2.05) is 41.8 Å². The maximum atomic E-state index is 12.4. The van der Waals surface area contributed by atoms with Crippen LogP contribution in [0.2, 0.25) is 0 Å². The van der Waals surface area contributed by atoms with Gasteiger partial charge < -0.3 is 20.1 Å². The van der Waals surface area contributed by atoms with Gasteiger partial charge >= 0.3 is 0 Å². The lowest BCUT2D eigenvalue weighted by molar-refractivity contribution is -0.116. The summed E-state index contributed by atoms with van der Waals surface area (Å²) in [5.41, 5.74) is 1.60. The average molecular weight is 395 g/mol. The van der Waals surface area contributed by atoms with Crippen molar-refractivity contribution in [3.05, 3.63) is 60.7 Å². The summed E-state index contributed by atoms with van der Waals surface area (Å²) in [6.07, 6.45) is 1.98. The molecule has 3 rings (SSSR count). The quantitative estimate of drug-likeness (QED) is 0.579. The second-order valence-electron chi connectivity index (χ2n) is 6.55. The van der Waals surface area contributed by atoms with Crippen molar-refractivity contribution in [3.8, 4) is 17.2 Å². The molecule has 1 heterocycles. The Balaban J connectivity index is 1.55. The summed E-state index contributed by atoms with van der Waals surface area (Å²) in [6, 6.07) is 15.1. The van der Waals surface area contributed by atoms with Gasteiger partial charge in [0.1, 0.15) is 17.8 Å². The molecule has 0 saturated heterocycles. The third kappa shape index (κ3) is 5.32. The summed E-state index contributed by atoms with van der Waals surface area (Å²) in [6.45, 7) is 2.45. The van der Waals surface area contributed by atoms with E-state index in [0.29, 0.717) is 30.2 Å². The second-order valence-corrected chi connectivity index (χ2v) is 6.55. The van der Waals surface area contributed by atoms with E-state index in [0.717, 1.165) is 11.5 Å². The predicted molar refractivity (Wildman–Crippen MR) is 110 cm³/mol. The van der Waals surface area contributed by atoms with Crippen LogP contribution >= 0.6 is 0 Å². The Hall–Kier alpha value is -3.39. The van der Waals surface area contributed by atoms with Crippen LogP contribution in [0, 0.1) is 0 Å². The van der Waals surface area contributed by atoms with Gasteiger partial charge in [-0.3, -0.25) is 9.36 Å². The molecule has 1 unspecified atom stereocenters. The molecule has 0 aliphatic carbocycles. The lowest BCUT2D eigenvalue weighted by Gasteiger charge is -2.15. The molecular formula is C21H25N5O3. The van der Waals surface area contributed by atoms with Crippen LogP contribution in [-0.4, -0.2) is 40.9 Å². The first kappa shape index (κ1) is 20.3. The molecule has 0 saturated carbocycles. The van der Waals surface area contributed by atoms with Crippen LogP contribution in [-0.2, 0) is 11.3 Å². The van der Waals surface area contributed by atoms with E-state index in [9.17, 15) is 4.79 Å². The SMILES string of the molecule is COc1ccc(NC(=O)CC(C)NCc2nncn2-c2ccccc2)c(OC)c1. The number of para-hydroxylation sites is 1. The highest BCUT2D eigenvalue weighted by Gasteiger charge is 2.14. The first-order valence-corrected chi connectivity index (χ1v) is 9.30. The van der Waals surface area contributed by atoms with Crippen LogP contribution in [0.5, 0.6) is 11.5 Å². The van der Waals surface area contributed by atoms with Crippen molar-refractivity contribution in [2.24, 2.45) is 0 Å². The summed E-state index contributed by atoms with van der Waals surface area (Å²) in [5.74, 6) is 1.88. The van der Waals surface area contributed by atoms with Crippen molar-refractivity contribution >= 4 is 11.6 Å². The van der Waals surface area contributed by atoms with Crippen molar-refractivity contribution in [2.75, 3.05) is 19.5 Å². The minimum absolute atomic E-state index is 0.0554. The molecule has 0 bridgehead atoms. The second kappa shape index (κ2) is 9.70. The Morgan fingerprint density at radius 3 is 2.66 bits per heavy atom. The molecule has 0 spiro atoms. The highest BCUT2D eigenvalue weighted by atomic mass is 16.5. The third-order valence-corrected chi connectivity index (χ3v) is 4.44. The Morgan fingerprint density at radius 2 is 1.93 bits per heavy atom. The third-order valence-electron chi connectivity index (χ3n) is 4.44. The van der Waals surface area contributed by atoms with Gasteiger partial charge in [-0.05, 0) is 31.2 Å². The Labute approximate surface area is 169 Å². The van der Waals surface area contributed by atoms with E-state index in [1.165, 1.54) is 0 Å². The maximum absolute atomic E-state index is 12.4. The van der Waals surface area contributed by atoms with Gasteiger partial charge in [0.15, 0.2) is 5.82 Å². The standard InChI is InChI=1S/C21H25N5O3/c1-15(11-21(27)24-18-10-9-17(28-2)12-19(18)29-3)22-13-20-25-23-14-26(20)16-7-5-4-6-8-16/h4-10,12,14-15,22H,11,13H2,1-3H3,(H,24,27). The number of carbonyl (C=O) groups excluding carboxylic acids is 1. The largest absolute Gasteiger partial charge is 0.497 e. The number of hydrogen-bond acceptors (Lipinski definition) is 6. The number of carbonyl (C=O) groups is 1. The van der Waals surface area contributed by atoms with Gasteiger partial charge in [-0.25, -0.2) is 0 Å². The Kier molecular flexibility index (Phi) is 6.80. The van der Waals surface area contributed by atoms with Crippen molar-refractivity contribution in [2.45, 2.75) is 25.9 Å². The number of amides is 1. The van der Waals surface area contributed by atoms with Gasteiger partial charge in [0.05, 0.1) is 26.5 Å². The van der Waals surface area contributed by atoms with Crippen LogP contribution in [0.4, 0.5) is 5.69 Å². The zero-order valence-corrected chi connectivity index (χ0v) is 16.8. The van der Waals surface area contributed by atoms with Crippen LogP contribution in [0.1, 0.15) is 19.2 Å². The number of nitrogens with zero attached hydrogens (tertiary/aromatic N) is 3. The van der Waals surface area contributed by atoms with Crippen molar-refractivity contribution < 1.29 is 14.3 Å². The molecule has 0 fully saturated rings. The van der Waals surface area contributed by atoms with Gasteiger partial charge in [-0.2, -0.15) is 0 Å². The van der Waals surface area contributed by atoms with Crippen molar-refractivity contribution in [1.29, 1.82) is 0 Å². The molecule has 1 atom stereocenters. The minimum atomic E-state index is -0.113. The number of methoxy groups -OCH3 is 2. The Bertz CT molecular complexity index is 942. The van der Waals surface area contributed by atoms with Crippen LogP contribution in [0.25, 0.3) is 5.69 Å². The maximum Gasteiger partial charge on any atom is 0.226 e. The molecule has 0 aliphatic heterocycles. The van der Waals surface area contributed by atoms with E-state index in [4.69, 9.17) is 9.47 Å². The molecule has 0 aliphatic rings. The van der Waals surface area contributed by atoms with E-state index >= 15 is 0 Å². The number of anilines is 1. The number of hydrogen-bond donors (Lipinski definition) is 2. The summed E-state index contributed by atoms with van der Waals surface area (Å²) in [7, 11) is 3.14. The fourth-order valence-corrected chi connectivity index (χ4v) is 2.90. The zero-order chi connectivity index (χ0) is 20.6. The lowest BCUT2D eigenvalue weighted by atomic mass is 10.2. The number of rotatable bonds is 9. The Morgan fingerprint density at radius 1 is 1.14 bits per heavy atom. The van der Waals surface area contributed by atoms with Gasteiger partial charge in [-0.1, -0.05) is 18.2 Å². The summed E-state index contributed by atoms with van der Waals surface area (Å²) in [5, 5.41) is 14.4. The van der Waals surface area contributed by atoms with Gasteiger partial charge in [0.2, 0.25) is 5.91 Å². The van der Waals surface area contributed by atoms with E-state index in [1.54, 1.807) is 38.7 Å². The summed E-state index contributed by atoms with van der Waals surface area (Å²) < 4.78 is 12.4. The molecule has 29 heavy (non-hydrogen) atoms. The number of aromatic nitrogens is 3. The molecule has 1 aromatic heterocycles. The predicted octanol–water partition coefficient (Wildman–Crippen LogP) is 2.79. The van der Waals surface area contributed by atoms with Gasteiger partial charge in [-0.15, -0.1) is 10.2 Å². The van der Waals surface area contributed by atoms with Crippen molar-refractivity contribution in [1.82, 2.24) is 20.1 Å². The fraction of sp³-hybridized carbons (Fsp3) is 0.286. The summed E-state index contributed by atoms with van der Waals surface area (Å²) in [4.78, 5) is 12.4. The highest BCUT2D eigenvalue weighted by molar-refractivity contribution is 5.92. The average Bonchev–Trinajstić information content (AvgIpc) is 3.21. The minimum Gasteiger partial charge on any atom is -0.497 e. The lowest BCUT2D eigenvalue weighted by Crippen LogP contribution is -2.31. The van der Waals surface area contributed by atoms with Gasteiger partial charge in [0, 0.05) is 24.2 Å². The number of benzene rings is 2.